The lowest BCUT2D eigenvalue weighted by molar-refractivity contribution is 0.335. The van der Waals surface area contributed by atoms with Crippen LogP contribution in [0.5, 0.6) is 0 Å². The van der Waals surface area contributed by atoms with E-state index in [0.717, 1.165) is 22.6 Å². The molecule has 0 fully saturated rings. The average Bonchev–Trinajstić information content (AvgIpc) is 2.78. The Hall–Kier alpha value is -2.75. The van der Waals surface area contributed by atoms with Gasteiger partial charge in [-0.3, -0.25) is 4.57 Å². The summed E-state index contributed by atoms with van der Waals surface area (Å²) in [7, 11) is 4.69. The van der Waals surface area contributed by atoms with E-state index in [9.17, 15) is 4.57 Å². The van der Waals surface area contributed by atoms with Crippen LogP contribution in [0.1, 0.15) is 18.3 Å². The highest BCUT2D eigenvalue weighted by molar-refractivity contribution is 7.67. The van der Waals surface area contributed by atoms with Gasteiger partial charge in [0.1, 0.15) is 5.78 Å². The normalized spacial score (nSPS) is 13.8. The molecule has 0 heterocycles. The molecular formula is C25H32N3O2P. The van der Waals surface area contributed by atoms with Crippen molar-refractivity contribution in [1.82, 2.24) is 0 Å². The Morgan fingerprint density at radius 1 is 0.806 bits per heavy atom. The largest absolute Gasteiger partial charge is 0.378 e. The summed E-state index contributed by atoms with van der Waals surface area (Å²) in [5.41, 5.74) is 3.95. The van der Waals surface area contributed by atoms with Gasteiger partial charge in [-0.15, -0.1) is 0 Å². The third-order valence-electron chi connectivity index (χ3n) is 5.19. The number of para-hydroxylation sites is 1. The molecule has 0 bridgehead atoms. The van der Waals surface area contributed by atoms with Gasteiger partial charge < -0.3 is 19.6 Å². The van der Waals surface area contributed by atoms with Gasteiger partial charge in [0.15, 0.2) is 0 Å². The summed E-state index contributed by atoms with van der Waals surface area (Å²) in [6, 6.07) is 25.8. The molecule has 2 atom stereocenters. The second-order valence-electron chi connectivity index (χ2n) is 7.82. The first-order chi connectivity index (χ1) is 14.8. The van der Waals surface area contributed by atoms with Crippen molar-refractivity contribution in [2.24, 2.45) is 0 Å². The third kappa shape index (κ3) is 5.30. The Morgan fingerprint density at radius 3 is 1.81 bits per heavy atom. The zero-order chi connectivity index (χ0) is 22.4. The van der Waals surface area contributed by atoms with Crippen LogP contribution in [-0.2, 0) is 9.09 Å². The van der Waals surface area contributed by atoms with Crippen LogP contribution in [0.25, 0.3) is 0 Å². The van der Waals surface area contributed by atoms with Gasteiger partial charge in [0.25, 0.3) is 7.37 Å². The molecule has 31 heavy (non-hydrogen) atoms. The van der Waals surface area contributed by atoms with Gasteiger partial charge in [-0.05, 0) is 61.0 Å². The Morgan fingerprint density at radius 2 is 1.32 bits per heavy atom. The fraction of sp³-hybridized carbons (Fsp3) is 0.280. The summed E-state index contributed by atoms with van der Waals surface area (Å²) in [5, 5.41) is 4.19. The Balaban J connectivity index is 2.09. The number of benzene rings is 3. The lowest BCUT2D eigenvalue weighted by Crippen LogP contribution is -2.21. The molecular weight excluding hydrogens is 405 g/mol. The van der Waals surface area contributed by atoms with Crippen molar-refractivity contribution in [2.45, 2.75) is 12.7 Å². The topological polar surface area (TPSA) is 44.8 Å². The predicted octanol–water partition coefficient (Wildman–Crippen LogP) is 5.57. The minimum atomic E-state index is -3.30. The zero-order valence-corrected chi connectivity index (χ0v) is 19.8. The molecule has 6 heteroatoms. The highest BCUT2D eigenvalue weighted by Crippen LogP contribution is 2.59. The summed E-state index contributed by atoms with van der Waals surface area (Å²) in [6.45, 7) is 2.24. The smallest absolute Gasteiger partial charge is 0.258 e. The Bertz CT molecular complexity index is 1000. The van der Waals surface area contributed by atoms with Crippen LogP contribution in [0.2, 0.25) is 0 Å². The van der Waals surface area contributed by atoms with Gasteiger partial charge in [-0.2, -0.15) is 0 Å². The van der Waals surface area contributed by atoms with Crippen LogP contribution in [0.15, 0.2) is 78.9 Å². The summed E-state index contributed by atoms with van der Waals surface area (Å²) < 4.78 is 20.6. The SMILES string of the molecule is CCOP(=O)(c1ccc(N(C)C)cc1)C(Nc1ccccc1)c1ccc(N(C)C)cc1. The van der Waals surface area contributed by atoms with Crippen LogP contribution < -0.4 is 20.4 Å². The maximum absolute atomic E-state index is 14.5. The highest BCUT2D eigenvalue weighted by Gasteiger charge is 2.37. The van der Waals surface area contributed by atoms with Gasteiger partial charge in [-0.25, -0.2) is 0 Å². The van der Waals surface area contributed by atoms with Crippen molar-refractivity contribution in [2.75, 3.05) is 49.9 Å². The summed E-state index contributed by atoms with van der Waals surface area (Å²) in [6.07, 6.45) is 0. The first-order valence-corrected chi connectivity index (χ1v) is 12.2. The molecule has 1 N–H and O–H groups in total. The third-order valence-corrected chi connectivity index (χ3v) is 7.96. The second-order valence-corrected chi connectivity index (χ2v) is 10.3. The predicted molar refractivity (Wildman–Crippen MR) is 133 cm³/mol. The standard InChI is InChI=1S/C25H32N3O2P/c1-6-30-31(29,24-18-16-23(17-19-24)28(4)5)25(26-21-10-8-7-9-11-21)20-12-14-22(15-13-20)27(2)3/h7-19,25-26H,6H2,1-5H3. The minimum absolute atomic E-state index is 0.357. The molecule has 0 saturated carbocycles. The maximum Gasteiger partial charge on any atom is 0.258 e. The monoisotopic (exact) mass is 437 g/mol. The fourth-order valence-electron chi connectivity index (χ4n) is 3.46. The molecule has 164 valence electrons. The van der Waals surface area contributed by atoms with E-state index in [2.05, 4.69) is 5.32 Å². The quantitative estimate of drug-likeness (QED) is 0.444. The van der Waals surface area contributed by atoms with E-state index < -0.39 is 13.2 Å². The lowest BCUT2D eigenvalue weighted by atomic mass is 10.2. The average molecular weight is 438 g/mol. The van der Waals surface area contributed by atoms with Crippen LogP contribution in [0.3, 0.4) is 0 Å². The first kappa shape index (κ1) is 22.9. The summed E-state index contributed by atoms with van der Waals surface area (Å²) in [4.78, 5) is 4.07. The molecule has 5 nitrogen and oxygen atoms in total. The molecule has 0 aliphatic rings. The van der Waals surface area contributed by atoms with Crippen molar-refractivity contribution < 1.29 is 9.09 Å². The number of hydrogen-bond acceptors (Lipinski definition) is 5. The molecule has 0 amide bonds. The number of nitrogens with zero attached hydrogens (tertiary/aromatic N) is 2. The molecule has 0 radical (unpaired) electrons. The van der Waals surface area contributed by atoms with Crippen LogP contribution in [0.4, 0.5) is 17.1 Å². The van der Waals surface area contributed by atoms with E-state index in [1.54, 1.807) is 0 Å². The van der Waals surface area contributed by atoms with Crippen LogP contribution in [-0.4, -0.2) is 34.8 Å². The number of rotatable bonds is 9. The van der Waals surface area contributed by atoms with Gasteiger partial charge in [-0.1, -0.05) is 30.3 Å². The van der Waals surface area contributed by atoms with E-state index in [4.69, 9.17) is 4.52 Å². The zero-order valence-electron chi connectivity index (χ0n) is 18.9. The summed E-state index contributed by atoms with van der Waals surface area (Å²) in [5.74, 6) is -0.517. The molecule has 2 unspecified atom stereocenters. The van der Waals surface area contributed by atoms with Gasteiger partial charge in [0.05, 0.1) is 6.61 Å². The summed E-state index contributed by atoms with van der Waals surface area (Å²) >= 11 is 0. The molecule has 0 aromatic heterocycles. The van der Waals surface area contributed by atoms with Gasteiger partial charge in [0, 0.05) is 50.6 Å². The van der Waals surface area contributed by atoms with E-state index in [0.29, 0.717) is 11.9 Å². The first-order valence-electron chi connectivity index (χ1n) is 10.5. The second kappa shape index (κ2) is 10.0. The Labute approximate surface area is 186 Å². The van der Waals surface area contributed by atoms with Gasteiger partial charge >= 0.3 is 0 Å². The minimum Gasteiger partial charge on any atom is -0.378 e. The molecule has 0 aliphatic carbocycles. The molecule has 0 saturated heterocycles. The van der Waals surface area contributed by atoms with Crippen molar-refractivity contribution in [3.05, 3.63) is 84.4 Å². The van der Waals surface area contributed by atoms with Crippen molar-refractivity contribution in [3.8, 4) is 0 Å². The number of anilines is 3. The molecule has 3 aromatic carbocycles. The van der Waals surface area contributed by atoms with E-state index in [1.807, 2.05) is 124 Å². The van der Waals surface area contributed by atoms with E-state index >= 15 is 0 Å². The van der Waals surface area contributed by atoms with Crippen LogP contribution >= 0.6 is 7.37 Å². The molecule has 0 aliphatic heterocycles. The number of nitrogens with one attached hydrogen (secondary N) is 1. The van der Waals surface area contributed by atoms with Crippen molar-refractivity contribution in [3.63, 3.8) is 0 Å². The lowest BCUT2D eigenvalue weighted by Gasteiger charge is -2.30. The van der Waals surface area contributed by atoms with Crippen LogP contribution in [0, 0.1) is 0 Å². The molecule has 3 rings (SSSR count). The van der Waals surface area contributed by atoms with Crippen molar-refractivity contribution >= 4 is 29.7 Å². The number of hydrogen-bond donors (Lipinski definition) is 1. The van der Waals surface area contributed by atoms with Gasteiger partial charge in [0.2, 0.25) is 0 Å². The van der Waals surface area contributed by atoms with Crippen molar-refractivity contribution in [1.29, 1.82) is 0 Å². The molecule has 3 aromatic rings. The van der Waals surface area contributed by atoms with E-state index in [-0.39, 0.29) is 0 Å². The maximum atomic E-state index is 14.5. The Kier molecular flexibility index (Phi) is 7.42. The van der Waals surface area contributed by atoms with E-state index in [1.165, 1.54) is 0 Å². The molecule has 0 spiro atoms. The highest BCUT2D eigenvalue weighted by atomic mass is 31.2. The fourth-order valence-corrected chi connectivity index (χ4v) is 5.89.